The SMILES string of the molecule is CCC1NC(C)CC1c1cc(C)ccc1F. The summed E-state index contributed by atoms with van der Waals surface area (Å²) < 4.78 is 13.8. The molecule has 0 spiro atoms. The van der Waals surface area contributed by atoms with Crippen molar-refractivity contribution < 1.29 is 4.39 Å². The molecule has 0 saturated carbocycles. The molecular weight excluding hydrogens is 201 g/mol. The summed E-state index contributed by atoms with van der Waals surface area (Å²) in [6.45, 7) is 6.36. The molecular formula is C14H20FN. The van der Waals surface area contributed by atoms with Gasteiger partial charge in [0.05, 0.1) is 0 Å². The van der Waals surface area contributed by atoms with Gasteiger partial charge < -0.3 is 5.32 Å². The molecule has 1 saturated heterocycles. The molecule has 16 heavy (non-hydrogen) atoms. The van der Waals surface area contributed by atoms with E-state index in [1.165, 1.54) is 0 Å². The Morgan fingerprint density at radius 1 is 1.44 bits per heavy atom. The Balaban J connectivity index is 2.32. The van der Waals surface area contributed by atoms with Gasteiger partial charge in [-0.1, -0.05) is 24.6 Å². The largest absolute Gasteiger partial charge is 0.311 e. The number of nitrogens with one attached hydrogen (secondary N) is 1. The molecule has 1 heterocycles. The topological polar surface area (TPSA) is 12.0 Å². The maximum absolute atomic E-state index is 13.8. The maximum atomic E-state index is 13.8. The van der Waals surface area contributed by atoms with E-state index in [2.05, 4.69) is 19.2 Å². The van der Waals surface area contributed by atoms with Gasteiger partial charge in [-0.3, -0.25) is 0 Å². The Hall–Kier alpha value is -0.890. The molecule has 2 heteroatoms. The van der Waals surface area contributed by atoms with Gasteiger partial charge in [-0.05, 0) is 38.3 Å². The number of rotatable bonds is 2. The van der Waals surface area contributed by atoms with Crippen LogP contribution in [-0.2, 0) is 0 Å². The summed E-state index contributed by atoms with van der Waals surface area (Å²) in [7, 11) is 0. The molecule has 1 aliphatic heterocycles. The van der Waals surface area contributed by atoms with E-state index in [0.29, 0.717) is 18.0 Å². The molecule has 0 bridgehead atoms. The second-order valence-corrected chi connectivity index (χ2v) is 4.95. The lowest BCUT2D eigenvalue weighted by Gasteiger charge is -2.19. The highest BCUT2D eigenvalue weighted by atomic mass is 19.1. The lowest BCUT2D eigenvalue weighted by atomic mass is 9.88. The number of halogens is 1. The van der Waals surface area contributed by atoms with Gasteiger partial charge in [-0.2, -0.15) is 0 Å². The molecule has 1 aromatic rings. The normalized spacial score (nSPS) is 29.6. The predicted octanol–water partition coefficient (Wildman–Crippen LogP) is 3.38. The van der Waals surface area contributed by atoms with Crippen LogP contribution in [0.15, 0.2) is 18.2 Å². The van der Waals surface area contributed by atoms with Gasteiger partial charge >= 0.3 is 0 Å². The van der Waals surface area contributed by atoms with Crippen LogP contribution in [0.3, 0.4) is 0 Å². The highest BCUT2D eigenvalue weighted by Gasteiger charge is 2.32. The molecule has 3 atom stereocenters. The lowest BCUT2D eigenvalue weighted by molar-refractivity contribution is 0.499. The minimum Gasteiger partial charge on any atom is -0.311 e. The second-order valence-electron chi connectivity index (χ2n) is 4.95. The Morgan fingerprint density at radius 3 is 2.88 bits per heavy atom. The van der Waals surface area contributed by atoms with E-state index in [1.54, 1.807) is 6.07 Å². The summed E-state index contributed by atoms with van der Waals surface area (Å²) in [6, 6.07) is 6.36. The molecule has 1 aromatic carbocycles. The van der Waals surface area contributed by atoms with Crippen LogP contribution in [0.25, 0.3) is 0 Å². The minimum atomic E-state index is -0.0510. The van der Waals surface area contributed by atoms with Crippen molar-refractivity contribution in [3.05, 3.63) is 35.1 Å². The van der Waals surface area contributed by atoms with Crippen molar-refractivity contribution in [2.24, 2.45) is 0 Å². The van der Waals surface area contributed by atoms with Crippen LogP contribution in [0, 0.1) is 12.7 Å². The highest BCUT2D eigenvalue weighted by Crippen LogP contribution is 2.34. The summed E-state index contributed by atoms with van der Waals surface area (Å²) >= 11 is 0. The summed E-state index contributed by atoms with van der Waals surface area (Å²) in [5, 5.41) is 3.53. The summed E-state index contributed by atoms with van der Waals surface area (Å²) in [5.41, 5.74) is 2.04. The number of benzene rings is 1. The molecule has 2 rings (SSSR count). The number of aryl methyl sites for hydroxylation is 1. The standard InChI is InChI=1S/C14H20FN/c1-4-14-12(8-10(3)16-14)11-7-9(2)5-6-13(11)15/h5-7,10,12,14,16H,4,8H2,1-3H3. The quantitative estimate of drug-likeness (QED) is 0.807. The smallest absolute Gasteiger partial charge is 0.126 e. The van der Waals surface area contributed by atoms with Crippen LogP contribution in [0.2, 0.25) is 0 Å². The summed E-state index contributed by atoms with van der Waals surface area (Å²) in [4.78, 5) is 0. The van der Waals surface area contributed by atoms with E-state index >= 15 is 0 Å². The van der Waals surface area contributed by atoms with E-state index in [9.17, 15) is 4.39 Å². The van der Waals surface area contributed by atoms with Crippen LogP contribution < -0.4 is 5.32 Å². The molecule has 88 valence electrons. The number of hydrogen-bond acceptors (Lipinski definition) is 1. The first-order chi connectivity index (χ1) is 7.61. The first kappa shape index (κ1) is 11.6. The minimum absolute atomic E-state index is 0.0510. The monoisotopic (exact) mass is 221 g/mol. The molecule has 0 aromatic heterocycles. The van der Waals surface area contributed by atoms with Gasteiger partial charge in [0.25, 0.3) is 0 Å². The van der Waals surface area contributed by atoms with Crippen LogP contribution in [0.5, 0.6) is 0 Å². The molecule has 1 fully saturated rings. The predicted molar refractivity (Wildman–Crippen MR) is 65.2 cm³/mol. The summed E-state index contributed by atoms with van der Waals surface area (Å²) in [6.07, 6.45) is 2.10. The fourth-order valence-corrected chi connectivity index (χ4v) is 2.79. The van der Waals surface area contributed by atoms with Gasteiger partial charge in [0.15, 0.2) is 0 Å². The fraction of sp³-hybridized carbons (Fsp3) is 0.571. The van der Waals surface area contributed by atoms with Crippen molar-refractivity contribution in [2.45, 2.75) is 51.6 Å². The number of hydrogen-bond donors (Lipinski definition) is 1. The maximum Gasteiger partial charge on any atom is 0.126 e. The van der Waals surface area contributed by atoms with E-state index < -0.39 is 0 Å². The zero-order chi connectivity index (χ0) is 11.7. The average molecular weight is 221 g/mol. The van der Waals surface area contributed by atoms with Gasteiger partial charge in [-0.15, -0.1) is 0 Å². The van der Waals surface area contributed by atoms with Crippen LogP contribution in [0.4, 0.5) is 4.39 Å². The highest BCUT2D eigenvalue weighted by molar-refractivity contribution is 5.29. The van der Waals surface area contributed by atoms with Crippen LogP contribution in [-0.4, -0.2) is 12.1 Å². The third-order valence-electron chi connectivity index (χ3n) is 3.58. The van der Waals surface area contributed by atoms with Gasteiger partial charge in [0.1, 0.15) is 5.82 Å². The zero-order valence-electron chi connectivity index (χ0n) is 10.3. The molecule has 1 N–H and O–H groups in total. The van der Waals surface area contributed by atoms with Crippen LogP contribution in [0.1, 0.15) is 43.7 Å². The van der Waals surface area contributed by atoms with Gasteiger partial charge in [0, 0.05) is 18.0 Å². The second kappa shape index (κ2) is 4.54. The Kier molecular flexibility index (Phi) is 3.29. The summed E-state index contributed by atoms with van der Waals surface area (Å²) in [5.74, 6) is 0.282. The lowest BCUT2D eigenvalue weighted by Crippen LogP contribution is -2.28. The molecule has 3 unspecified atom stereocenters. The van der Waals surface area contributed by atoms with E-state index in [1.807, 2.05) is 19.1 Å². The molecule has 1 nitrogen and oxygen atoms in total. The van der Waals surface area contributed by atoms with Gasteiger partial charge in [0.2, 0.25) is 0 Å². The molecule has 1 aliphatic rings. The van der Waals surface area contributed by atoms with Crippen molar-refractivity contribution in [3.63, 3.8) is 0 Å². The van der Waals surface area contributed by atoms with Crippen molar-refractivity contribution in [3.8, 4) is 0 Å². The zero-order valence-corrected chi connectivity index (χ0v) is 10.3. The first-order valence-corrected chi connectivity index (χ1v) is 6.14. The molecule has 0 amide bonds. The van der Waals surface area contributed by atoms with E-state index in [4.69, 9.17) is 0 Å². The Morgan fingerprint density at radius 2 is 2.19 bits per heavy atom. The first-order valence-electron chi connectivity index (χ1n) is 6.14. The molecule has 0 radical (unpaired) electrons. The Bertz CT molecular complexity index is 375. The van der Waals surface area contributed by atoms with Crippen molar-refractivity contribution in [1.82, 2.24) is 5.32 Å². The van der Waals surface area contributed by atoms with Crippen molar-refractivity contribution >= 4 is 0 Å². The van der Waals surface area contributed by atoms with Crippen LogP contribution >= 0.6 is 0 Å². The van der Waals surface area contributed by atoms with E-state index in [0.717, 1.165) is 24.0 Å². The van der Waals surface area contributed by atoms with E-state index in [-0.39, 0.29) is 5.82 Å². The average Bonchev–Trinajstić information content (AvgIpc) is 2.63. The molecule has 0 aliphatic carbocycles. The third kappa shape index (κ3) is 2.12. The van der Waals surface area contributed by atoms with Gasteiger partial charge in [-0.25, -0.2) is 4.39 Å². The fourth-order valence-electron chi connectivity index (χ4n) is 2.79. The third-order valence-corrected chi connectivity index (χ3v) is 3.58. The van der Waals surface area contributed by atoms with Crippen molar-refractivity contribution in [1.29, 1.82) is 0 Å². The Labute approximate surface area is 97.1 Å². The van der Waals surface area contributed by atoms with Crippen molar-refractivity contribution in [2.75, 3.05) is 0 Å².